The van der Waals surface area contributed by atoms with Crippen LogP contribution in [0.3, 0.4) is 0 Å². The zero-order valence-electron chi connectivity index (χ0n) is 7.11. The number of aromatic amines is 1. The topological polar surface area (TPSA) is 77.4 Å². The average molecular weight is 252 g/mol. The molecule has 1 aromatic carbocycles. The summed E-state index contributed by atoms with van der Waals surface area (Å²) < 4.78 is 0.980. The van der Waals surface area contributed by atoms with Crippen LogP contribution in [0.4, 0.5) is 0 Å². The van der Waals surface area contributed by atoms with Gasteiger partial charge in [-0.2, -0.15) is 5.10 Å². The molecule has 0 fully saturated rings. The van der Waals surface area contributed by atoms with E-state index >= 15 is 0 Å². The number of fused-ring (bicyclic) bond motifs is 1. The third-order valence-corrected chi connectivity index (χ3v) is 2.38. The van der Waals surface area contributed by atoms with Crippen molar-refractivity contribution in [1.82, 2.24) is 10.2 Å². The monoisotopic (exact) mass is 251 g/mol. The van der Waals surface area contributed by atoms with Crippen LogP contribution in [0.1, 0.15) is 5.69 Å². The van der Waals surface area contributed by atoms with Crippen LogP contribution >= 0.6 is 15.9 Å². The minimum Gasteiger partial charge on any atom is -0.281 e. The van der Waals surface area contributed by atoms with Gasteiger partial charge in [0.25, 0.3) is 0 Å². The predicted octanol–water partition coefficient (Wildman–Crippen LogP) is 3.14. The van der Waals surface area contributed by atoms with Crippen molar-refractivity contribution in [2.75, 3.05) is 0 Å². The molecule has 1 N–H and O–H groups in total. The molecule has 0 amide bonds. The van der Waals surface area contributed by atoms with E-state index in [1.807, 2.05) is 18.2 Å². The first kappa shape index (κ1) is 9.05. The van der Waals surface area contributed by atoms with Crippen molar-refractivity contribution >= 4 is 26.8 Å². The van der Waals surface area contributed by atoms with E-state index in [4.69, 9.17) is 5.53 Å². The molecule has 0 bridgehead atoms. The van der Waals surface area contributed by atoms with E-state index in [1.165, 1.54) is 0 Å². The summed E-state index contributed by atoms with van der Waals surface area (Å²) in [7, 11) is 0. The summed E-state index contributed by atoms with van der Waals surface area (Å²) in [5, 5.41) is 11.4. The summed E-state index contributed by atoms with van der Waals surface area (Å²) in [6, 6.07) is 5.76. The lowest BCUT2D eigenvalue weighted by Crippen LogP contribution is -1.80. The Morgan fingerprint density at radius 1 is 1.57 bits per heavy atom. The van der Waals surface area contributed by atoms with Crippen molar-refractivity contribution in [3.63, 3.8) is 0 Å². The van der Waals surface area contributed by atoms with Gasteiger partial charge in [-0.15, -0.1) is 0 Å². The number of hydrogen-bond donors (Lipinski definition) is 1. The molecule has 2 aromatic rings. The minimum atomic E-state index is 0.295. The molecule has 0 saturated carbocycles. The lowest BCUT2D eigenvalue weighted by atomic mass is 10.2. The number of aromatic nitrogens is 2. The SMILES string of the molecule is [N-]=[N+]=NCc1[nH]nc2ccc(Br)cc12. The Hall–Kier alpha value is -1.52. The Morgan fingerprint density at radius 3 is 3.21 bits per heavy atom. The number of nitrogens with one attached hydrogen (secondary N) is 1. The number of halogens is 1. The van der Waals surface area contributed by atoms with E-state index in [0.717, 1.165) is 21.1 Å². The summed E-state index contributed by atoms with van der Waals surface area (Å²) in [5.41, 5.74) is 9.91. The van der Waals surface area contributed by atoms with Crippen molar-refractivity contribution in [1.29, 1.82) is 0 Å². The molecule has 0 atom stereocenters. The second-order valence-electron chi connectivity index (χ2n) is 2.75. The Bertz CT molecular complexity index is 511. The van der Waals surface area contributed by atoms with E-state index < -0.39 is 0 Å². The largest absolute Gasteiger partial charge is 0.281 e. The zero-order valence-corrected chi connectivity index (χ0v) is 8.69. The molecule has 5 nitrogen and oxygen atoms in total. The highest BCUT2D eigenvalue weighted by molar-refractivity contribution is 9.10. The molecule has 1 heterocycles. The summed E-state index contributed by atoms with van der Waals surface area (Å²) in [6.45, 7) is 0.295. The fourth-order valence-corrected chi connectivity index (χ4v) is 1.62. The second-order valence-corrected chi connectivity index (χ2v) is 3.67. The highest BCUT2D eigenvalue weighted by Gasteiger charge is 2.03. The Labute approximate surface area is 87.9 Å². The molecule has 6 heteroatoms. The Kier molecular flexibility index (Phi) is 2.39. The van der Waals surface area contributed by atoms with E-state index in [2.05, 4.69) is 36.2 Å². The summed E-state index contributed by atoms with van der Waals surface area (Å²) in [6.07, 6.45) is 0. The van der Waals surface area contributed by atoms with Crippen LogP contribution in [0, 0.1) is 0 Å². The first-order chi connectivity index (χ1) is 6.81. The zero-order chi connectivity index (χ0) is 9.97. The first-order valence-corrected chi connectivity index (χ1v) is 4.74. The Morgan fingerprint density at radius 2 is 2.43 bits per heavy atom. The summed E-state index contributed by atoms with van der Waals surface area (Å²) in [5.74, 6) is 0. The molecule has 0 radical (unpaired) electrons. The highest BCUT2D eigenvalue weighted by atomic mass is 79.9. The summed E-state index contributed by atoms with van der Waals surface area (Å²) >= 11 is 3.37. The number of benzene rings is 1. The van der Waals surface area contributed by atoms with Crippen LogP contribution in [0.15, 0.2) is 27.8 Å². The van der Waals surface area contributed by atoms with Gasteiger partial charge in [-0.25, -0.2) is 0 Å². The van der Waals surface area contributed by atoms with Gasteiger partial charge in [0.2, 0.25) is 0 Å². The smallest absolute Gasteiger partial charge is 0.0924 e. The van der Waals surface area contributed by atoms with Gasteiger partial charge in [-0.05, 0) is 23.7 Å². The van der Waals surface area contributed by atoms with Crippen LogP contribution in [0.2, 0.25) is 0 Å². The maximum Gasteiger partial charge on any atom is 0.0924 e. The van der Waals surface area contributed by atoms with Crippen molar-refractivity contribution in [3.05, 3.63) is 38.8 Å². The standard InChI is InChI=1S/C8H6BrN5/c9-5-1-2-7-6(3-5)8(13-12-7)4-11-14-10/h1-3H,4H2,(H,12,13). The number of rotatable bonds is 2. The molecule has 0 aliphatic rings. The van der Waals surface area contributed by atoms with Crippen molar-refractivity contribution in [3.8, 4) is 0 Å². The van der Waals surface area contributed by atoms with Crippen LogP contribution in [-0.2, 0) is 6.54 Å². The Balaban J connectivity index is 2.54. The normalized spacial score (nSPS) is 10.1. The maximum atomic E-state index is 8.21. The van der Waals surface area contributed by atoms with Crippen LogP contribution in [0.5, 0.6) is 0 Å². The molecule has 1 aromatic heterocycles. The number of nitrogens with zero attached hydrogens (tertiary/aromatic N) is 4. The molecule has 0 aliphatic carbocycles. The summed E-state index contributed by atoms with van der Waals surface area (Å²) in [4.78, 5) is 2.71. The minimum absolute atomic E-state index is 0.295. The van der Waals surface area contributed by atoms with E-state index in [-0.39, 0.29) is 0 Å². The van der Waals surface area contributed by atoms with Crippen LogP contribution in [0.25, 0.3) is 21.3 Å². The van der Waals surface area contributed by atoms with Crippen LogP contribution in [-0.4, -0.2) is 10.2 Å². The third kappa shape index (κ3) is 1.57. The van der Waals surface area contributed by atoms with Gasteiger partial charge in [0.15, 0.2) is 0 Å². The number of azide groups is 1. The molecular weight excluding hydrogens is 246 g/mol. The van der Waals surface area contributed by atoms with Gasteiger partial charge >= 0.3 is 0 Å². The molecule has 0 spiro atoms. The van der Waals surface area contributed by atoms with Gasteiger partial charge in [0.1, 0.15) is 0 Å². The predicted molar refractivity (Wildman–Crippen MR) is 56.6 cm³/mol. The molecule has 14 heavy (non-hydrogen) atoms. The van der Waals surface area contributed by atoms with E-state index in [0.29, 0.717) is 6.54 Å². The molecular formula is C8H6BrN5. The first-order valence-electron chi connectivity index (χ1n) is 3.94. The number of hydrogen-bond acceptors (Lipinski definition) is 2. The van der Waals surface area contributed by atoms with Gasteiger partial charge < -0.3 is 0 Å². The molecule has 2 rings (SSSR count). The maximum absolute atomic E-state index is 8.21. The molecule has 0 aliphatic heterocycles. The van der Waals surface area contributed by atoms with Gasteiger partial charge in [0, 0.05) is 20.5 Å². The van der Waals surface area contributed by atoms with Gasteiger partial charge in [-0.3, -0.25) is 5.10 Å². The molecule has 70 valence electrons. The van der Waals surface area contributed by atoms with Gasteiger partial charge in [0.05, 0.1) is 12.1 Å². The molecule has 0 unspecified atom stereocenters. The van der Waals surface area contributed by atoms with E-state index in [1.54, 1.807) is 0 Å². The lowest BCUT2D eigenvalue weighted by Gasteiger charge is -1.92. The van der Waals surface area contributed by atoms with Crippen molar-refractivity contribution in [2.24, 2.45) is 5.11 Å². The highest BCUT2D eigenvalue weighted by Crippen LogP contribution is 2.21. The van der Waals surface area contributed by atoms with Crippen LogP contribution < -0.4 is 0 Å². The number of H-pyrrole nitrogens is 1. The average Bonchev–Trinajstić information content (AvgIpc) is 2.57. The third-order valence-electron chi connectivity index (χ3n) is 1.89. The lowest BCUT2D eigenvalue weighted by molar-refractivity contribution is 0.949. The second kappa shape index (κ2) is 3.69. The quantitative estimate of drug-likeness (QED) is 0.497. The van der Waals surface area contributed by atoms with Gasteiger partial charge in [-0.1, -0.05) is 21.0 Å². The fraction of sp³-hybridized carbons (Fsp3) is 0.125. The van der Waals surface area contributed by atoms with Crippen molar-refractivity contribution in [2.45, 2.75) is 6.54 Å². The molecule has 0 saturated heterocycles. The van der Waals surface area contributed by atoms with E-state index in [9.17, 15) is 0 Å². The fourth-order valence-electron chi connectivity index (χ4n) is 1.26. The van der Waals surface area contributed by atoms with Crippen molar-refractivity contribution < 1.29 is 0 Å².